The van der Waals surface area contributed by atoms with Gasteiger partial charge in [0.2, 0.25) is 0 Å². The van der Waals surface area contributed by atoms with Gasteiger partial charge in [0.05, 0.1) is 11.7 Å². The van der Waals surface area contributed by atoms with E-state index in [0.717, 1.165) is 11.3 Å². The summed E-state index contributed by atoms with van der Waals surface area (Å²) < 4.78 is 1.93. The minimum atomic E-state index is 0.807. The van der Waals surface area contributed by atoms with E-state index in [1.54, 1.807) is 0 Å². The molecule has 0 aromatic carbocycles. The predicted molar refractivity (Wildman–Crippen MR) is 47.2 cm³/mol. The van der Waals surface area contributed by atoms with Crippen LogP contribution in [-0.4, -0.2) is 14.6 Å². The molecule has 0 spiro atoms. The summed E-state index contributed by atoms with van der Waals surface area (Å²) in [7, 11) is 0. The van der Waals surface area contributed by atoms with Crippen molar-refractivity contribution in [3.8, 4) is 0 Å². The van der Waals surface area contributed by atoms with Crippen molar-refractivity contribution in [2.45, 2.75) is 20.8 Å². The Morgan fingerprint density at radius 1 is 1.25 bits per heavy atom. The Bertz CT molecular complexity index is 429. The fourth-order valence-corrected chi connectivity index (χ4v) is 1.30. The number of aromatic nitrogens is 3. The van der Waals surface area contributed by atoms with Crippen LogP contribution in [0.1, 0.15) is 17.1 Å². The fourth-order valence-electron chi connectivity index (χ4n) is 1.30. The van der Waals surface area contributed by atoms with Crippen molar-refractivity contribution in [2.24, 2.45) is 0 Å². The molecule has 0 bridgehead atoms. The third-order valence-corrected chi connectivity index (χ3v) is 2.13. The van der Waals surface area contributed by atoms with Crippen molar-refractivity contribution in [1.82, 2.24) is 14.6 Å². The van der Waals surface area contributed by atoms with Crippen LogP contribution in [0, 0.1) is 20.8 Å². The lowest BCUT2D eigenvalue weighted by molar-refractivity contribution is 0.829. The summed E-state index contributed by atoms with van der Waals surface area (Å²) in [6.45, 7) is 6.04. The highest BCUT2D eigenvalue weighted by molar-refractivity contribution is 5.49. The van der Waals surface area contributed by atoms with Gasteiger partial charge in [-0.3, -0.25) is 0 Å². The molecule has 0 unspecified atom stereocenters. The molecule has 2 aromatic heterocycles. The van der Waals surface area contributed by atoms with Gasteiger partial charge in [-0.1, -0.05) is 0 Å². The number of fused-ring (bicyclic) bond motifs is 1. The van der Waals surface area contributed by atoms with Crippen LogP contribution < -0.4 is 0 Å². The van der Waals surface area contributed by atoms with Gasteiger partial charge in [-0.2, -0.15) is 5.10 Å². The lowest BCUT2D eigenvalue weighted by atomic mass is 10.3. The normalized spacial score (nSPS) is 10.9. The highest BCUT2D eigenvalue weighted by atomic mass is 15.2. The maximum Gasteiger partial charge on any atom is 0.146 e. The van der Waals surface area contributed by atoms with Gasteiger partial charge in [0.1, 0.15) is 5.82 Å². The molecule has 2 rings (SSSR count). The van der Waals surface area contributed by atoms with Crippen LogP contribution in [-0.2, 0) is 0 Å². The van der Waals surface area contributed by atoms with Crippen molar-refractivity contribution in [3.05, 3.63) is 29.3 Å². The first-order valence-electron chi connectivity index (χ1n) is 3.97. The van der Waals surface area contributed by atoms with Crippen LogP contribution in [0.25, 0.3) is 5.52 Å². The first kappa shape index (κ1) is 7.28. The van der Waals surface area contributed by atoms with E-state index in [0.29, 0.717) is 0 Å². The van der Waals surface area contributed by atoms with Gasteiger partial charge >= 0.3 is 0 Å². The number of nitrogens with zero attached hydrogens (tertiary/aromatic N) is 3. The van der Waals surface area contributed by atoms with Gasteiger partial charge in [-0.05, 0) is 32.4 Å². The molecule has 62 valence electrons. The maximum atomic E-state index is 4.30. The molecule has 3 heteroatoms. The minimum absolute atomic E-state index is 0.807. The van der Waals surface area contributed by atoms with Crippen LogP contribution in [0.5, 0.6) is 0 Å². The van der Waals surface area contributed by atoms with E-state index in [9.17, 15) is 0 Å². The smallest absolute Gasteiger partial charge is 0.146 e. The molecule has 0 N–H and O–H groups in total. The Morgan fingerprint density at radius 2 is 2.00 bits per heavy atom. The molecule has 0 saturated carbocycles. The van der Waals surface area contributed by atoms with Crippen LogP contribution >= 0.6 is 0 Å². The standard InChI is InChI=1S/C9H11N3/c1-6-4-9-5-10-8(3)11-12(9)7(6)2/h4-5H,1-3H3. The zero-order valence-corrected chi connectivity index (χ0v) is 7.50. The lowest BCUT2D eigenvalue weighted by Crippen LogP contribution is -1.98. The molecular formula is C9H11N3. The molecule has 2 aromatic rings. The third-order valence-electron chi connectivity index (χ3n) is 2.13. The van der Waals surface area contributed by atoms with Gasteiger partial charge in [0, 0.05) is 5.69 Å². The Labute approximate surface area is 71.1 Å². The van der Waals surface area contributed by atoms with Crippen molar-refractivity contribution in [3.63, 3.8) is 0 Å². The molecule has 0 aliphatic heterocycles. The molecule has 2 heterocycles. The SMILES string of the molecule is Cc1ncc2cc(C)c(C)n2n1. The second-order valence-corrected chi connectivity index (χ2v) is 3.05. The summed E-state index contributed by atoms with van der Waals surface area (Å²) in [5, 5.41) is 4.30. The van der Waals surface area contributed by atoms with E-state index in [4.69, 9.17) is 0 Å². The second-order valence-electron chi connectivity index (χ2n) is 3.05. The monoisotopic (exact) mass is 161 g/mol. The van der Waals surface area contributed by atoms with Crippen LogP contribution in [0.15, 0.2) is 12.3 Å². The van der Waals surface area contributed by atoms with E-state index >= 15 is 0 Å². The zero-order chi connectivity index (χ0) is 8.72. The maximum absolute atomic E-state index is 4.30. The van der Waals surface area contributed by atoms with Crippen LogP contribution in [0.3, 0.4) is 0 Å². The van der Waals surface area contributed by atoms with Gasteiger partial charge in [-0.15, -0.1) is 0 Å². The van der Waals surface area contributed by atoms with Crippen LogP contribution in [0.2, 0.25) is 0 Å². The zero-order valence-electron chi connectivity index (χ0n) is 7.50. The fraction of sp³-hybridized carbons (Fsp3) is 0.333. The second kappa shape index (κ2) is 2.30. The van der Waals surface area contributed by atoms with Crippen LogP contribution in [0.4, 0.5) is 0 Å². The Balaban J connectivity index is 2.88. The Morgan fingerprint density at radius 3 is 2.75 bits per heavy atom. The van der Waals surface area contributed by atoms with E-state index < -0.39 is 0 Å². The first-order valence-corrected chi connectivity index (χ1v) is 3.97. The van der Waals surface area contributed by atoms with Crippen molar-refractivity contribution in [1.29, 1.82) is 0 Å². The highest BCUT2D eigenvalue weighted by Gasteiger charge is 2.02. The van der Waals surface area contributed by atoms with Gasteiger partial charge < -0.3 is 0 Å². The van der Waals surface area contributed by atoms with E-state index in [1.807, 2.05) is 17.6 Å². The number of aryl methyl sites for hydroxylation is 3. The third kappa shape index (κ3) is 0.897. The Kier molecular flexibility index (Phi) is 1.40. The van der Waals surface area contributed by atoms with E-state index in [1.165, 1.54) is 11.3 Å². The highest BCUT2D eigenvalue weighted by Crippen LogP contribution is 2.12. The van der Waals surface area contributed by atoms with Gasteiger partial charge in [-0.25, -0.2) is 9.50 Å². The molecule has 0 amide bonds. The lowest BCUT2D eigenvalue weighted by Gasteiger charge is -1.96. The molecule has 0 fully saturated rings. The number of hydrogen-bond acceptors (Lipinski definition) is 2. The number of rotatable bonds is 0. The largest absolute Gasteiger partial charge is 0.238 e. The van der Waals surface area contributed by atoms with Crippen molar-refractivity contribution >= 4 is 5.52 Å². The van der Waals surface area contributed by atoms with Gasteiger partial charge in [0.15, 0.2) is 0 Å². The van der Waals surface area contributed by atoms with E-state index in [2.05, 4.69) is 30.0 Å². The molecule has 0 aliphatic carbocycles. The molecule has 0 aliphatic rings. The topological polar surface area (TPSA) is 30.2 Å². The Hall–Kier alpha value is -1.38. The summed E-state index contributed by atoms with van der Waals surface area (Å²) in [6.07, 6.45) is 1.85. The average molecular weight is 161 g/mol. The summed E-state index contributed by atoms with van der Waals surface area (Å²) >= 11 is 0. The number of hydrogen-bond donors (Lipinski definition) is 0. The van der Waals surface area contributed by atoms with E-state index in [-0.39, 0.29) is 0 Å². The summed E-state index contributed by atoms with van der Waals surface area (Å²) in [4.78, 5) is 4.13. The minimum Gasteiger partial charge on any atom is -0.238 e. The predicted octanol–water partition coefficient (Wildman–Crippen LogP) is 1.65. The molecule has 0 radical (unpaired) electrons. The van der Waals surface area contributed by atoms with Gasteiger partial charge in [0.25, 0.3) is 0 Å². The summed E-state index contributed by atoms with van der Waals surface area (Å²) in [6, 6.07) is 2.09. The summed E-state index contributed by atoms with van der Waals surface area (Å²) in [5.74, 6) is 0.807. The molecule has 3 nitrogen and oxygen atoms in total. The first-order chi connectivity index (χ1) is 5.68. The van der Waals surface area contributed by atoms with Crippen molar-refractivity contribution in [2.75, 3.05) is 0 Å². The summed E-state index contributed by atoms with van der Waals surface area (Å²) in [5.41, 5.74) is 3.51. The molecule has 12 heavy (non-hydrogen) atoms. The molecule has 0 saturated heterocycles. The molecule has 0 atom stereocenters. The van der Waals surface area contributed by atoms with Crippen molar-refractivity contribution < 1.29 is 0 Å². The quantitative estimate of drug-likeness (QED) is 0.588. The average Bonchev–Trinajstić information content (AvgIpc) is 2.31. The molecular weight excluding hydrogens is 150 g/mol.